The molecule has 4 heterocycles. The van der Waals surface area contributed by atoms with Crippen LogP contribution in [0.1, 0.15) is 25.5 Å². The molecule has 0 radical (unpaired) electrons. The van der Waals surface area contributed by atoms with E-state index in [2.05, 4.69) is 10.1 Å². The molecular weight excluding hydrogens is 462 g/mol. The van der Waals surface area contributed by atoms with Crippen molar-refractivity contribution >= 4 is 32.8 Å². The Morgan fingerprint density at radius 3 is 2.67 bits per heavy atom. The average molecular weight is 490 g/mol. The summed E-state index contributed by atoms with van der Waals surface area (Å²) in [5, 5.41) is 6.20. The topological polar surface area (TPSA) is 127 Å². The van der Waals surface area contributed by atoms with Gasteiger partial charge in [0.25, 0.3) is 11.1 Å². The van der Waals surface area contributed by atoms with Crippen molar-refractivity contribution in [1.29, 1.82) is 0 Å². The number of aromatic nitrogens is 4. The van der Waals surface area contributed by atoms with E-state index in [1.165, 1.54) is 13.4 Å². The van der Waals surface area contributed by atoms with Gasteiger partial charge >= 0.3 is 0 Å². The summed E-state index contributed by atoms with van der Waals surface area (Å²) in [6.45, 7) is 5.10. The molecule has 1 unspecified atom stereocenters. The molecule has 1 atom stereocenters. The SMILES string of the molecule is CCn1c(=O)ccc2c(CC(C)n3c(=O)c4nocc4c4ccc(OC)nc43)cc(OCCN)cc21. The third kappa shape index (κ3) is 3.89. The maximum Gasteiger partial charge on any atom is 0.282 e. The summed E-state index contributed by atoms with van der Waals surface area (Å²) in [6.07, 6.45) is 1.92. The van der Waals surface area contributed by atoms with E-state index in [1.54, 1.807) is 21.3 Å². The molecule has 0 saturated carbocycles. The predicted octanol–water partition coefficient (Wildman–Crippen LogP) is 3.02. The van der Waals surface area contributed by atoms with Gasteiger partial charge in [-0.3, -0.25) is 14.2 Å². The molecule has 2 N–H and O–H groups in total. The molecule has 0 aliphatic rings. The summed E-state index contributed by atoms with van der Waals surface area (Å²) in [5.41, 5.74) is 7.67. The first-order chi connectivity index (χ1) is 17.5. The summed E-state index contributed by atoms with van der Waals surface area (Å²) >= 11 is 0. The zero-order valence-corrected chi connectivity index (χ0v) is 20.4. The molecule has 0 bridgehead atoms. The van der Waals surface area contributed by atoms with Gasteiger partial charge in [0, 0.05) is 48.1 Å². The van der Waals surface area contributed by atoms with Gasteiger partial charge in [0.1, 0.15) is 24.3 Å². The Morgan fingerprint density at radius 1 is 1.11 bits per heavy atom. The minimum atomic E-state index is -0.323. The maximum atomic E-state index is 13.5. The minimum Gasteiger partial charge on any atom is -0.492 e. The standard InChI is InChI=1S/C26H27N5O5/c1-4-30-21-13-17(35-10-9-27)12-16(18(21)6-8-23(30)32)11-15(2)31-25-19(5-7-22(28-25)34-3)20-14-36-29-24(20)26(31)33/h5-8,12-15H,4,9-11,27H2,1-3H3. The van der Waals surface area contributed by atoms with Crippen LogP contribution in [0.3, 0.4) is 0 Å². The Bertz CT molecular complexity index is 1700. The first-order valence-corrected chi connectivity index (χ1v) is 11.8. The van der Waals surface area contributed by atoms with E-state index >= 15 is 0 Å². The first kappa shape index (κ1) is 23.6. The van der Waals surface area contributed by atoms with Crippen LogP contribution >= 0.6 is 0 Å². The van der Waals surface area contributed by atoms with Gasteiger partial charge in [-0.2, -0.15) is 4.98 Å². The lowest BCUT2D eigenvalue weighted by atomic mass is 10.00. The van der Waals surface area contributed by atoms with Crippen molar-refractivity contribution in [1.82, 2.24) is 19.3 Å². The monoisotopic (exact) mass is 489 g/mol. The third-order valence-electron chi connectivity index (χ3n) is 6.39. The quantitative estimate of drug-likeness (QED) is 0.352. The van der Waals surface area contributed by atoms with Gasteiger partial charge in [-0.1, -0.05) is 5.16 Å². The Morgan fingerprint density at radius 2 is 1.92 bits per heavy atom. The van der Waals surface area contributed by atoms with Crippen LogP contribution in [0.25, 0.3) is 32.8 Å². The molecule has 5 aromatic rings. The Balaban J connectivity index is 1.70. The van der Waals surface area contributed by atoms with Crippen molar-refractivity contribution in [2.24, 2.45) is 5.73 Å². The van der Waals surface area contributed by atoms with Gasteiger partial charge in [-0.05, 0) is 44.0 Å². The lowest BCUT2D eigenvalue weighted by Crippen LogP contribution is -2.26. The molecule has 0 saturated heterocycles. The van der Waals surface area contributed by atoms with Gasteiger partial charge in [-0.15, -0.1) is 0 Å². The van der Waals surface area contributed by atoms with Crippen LogP contribution in [-0.2, 0) is 13.0 Å². The molecule has 10 nitrogen and oxygen atoms in total. The number of nitrogens with two attached hydrogens (primary N) is 1. The number of ether oxygens (including phenoxy) is 2. The summed E-state index contributed by atoms with van der Waals surface area (Å²) in [5.74, 6) is 1.01. The lowest BCUT2D eigenvalue weighted by molar-refractivity contribution is 0.328. The van der Waals surface area contributed by atoms with Crippen LogP contribution in [0.2, 0.25) is 0 Å². The van der Waals surface area contributed by atoms with Gasteiger partial charge in [0.15, 0.2) is 5.52 Å². The van der Waals surface area contributed by atoms with Crippen LogP contribution < -0.4 is 26.3 Å². The second-order valence-electron chi connectivity index (χ2n) is 8.60. The number of hydrogen-bond acceptors (Lipinski definition) is 8. The van der Waals surface area contributed by atoms with Gasteiger partial charge < -0.3 is 24.3 Å². The number of benzene rings is 1. The zero-order valence-electron chi connectivity index (χ0n) is 20.4. The van der Waals surface area contributed by atoms with E-state index in [1.807, 2.05) is 38.1 Å². The van der Waals surface area contributed by atoms with Crippen LogP contribution in [0.5, 0.6) is 11.6 Å². The molecule has 4 aromatic heterocycles. The molecule has 0 spiro atoms. The highest BCUT2D eigenvalue weighted by Crippen LogP contribution is 2.30. The normalized spacial score (nSPS) is 12.4. The number of aryl methyl sites for hydroxylation is 1. The molecule has 186 valence electrons. The van der Waals surface area contributed by atoms with E-state index in [-0.39, 0.29) is 22.7 Å². The molecule has 10 heteroatoms. The molecule has 1 aromatic carbocycles. The fourth-order valence-corrected chi connectivity index (χ4v) is 4.75. The first-order valence-electron chi connectivity index (χ1n) is 11.8. The lowest BCUT2D eigenvalue weighted by Gasteiger charge is -2.20. The summed E-state index contributed by atoms with van der Waals surface area (Å²) in [6, 6.07) is 10.5. The fourth-order valence-electron chi connectivity index (χ4n) is 4.75. The minimum absolute atomic E-state index is 0.0880. The van der Waals surface area contributed by atoms with Crippen molar-refractivity contribution in [2.45, 2.75) is 32.9 Å². The van der Waals surface area contributed by atoms with Gasteiger partial charge in [-0.25, -0.2) is 0 Å². The molecule has 36 heavy (non-hydrogen) atoms. The molecular formula is C26H27N5O5. The fraction of sp³-hybridized carbons (Fsp3) is 0.308. The summed E-state index contributed by atoms with van der Waals surface area (Å²) < 4.78 is 19.6. The van der Waals surface area contributed by atoms with Gasteiger partial charge in [0.05, 0.1) is 18.0 Å². The maximum absolute atomic E-state index is 13.5. The molecule has 0 aliphatic heterocycles. The van der Waals surface area contributed by atoms with E-state index in [4.69, 9.17) is 19.7 Å². The van der Waals surface area contributed by atoms with E-state index < -0.39 is 0 Å². The van der Waals surface area contributed by atoms with Crippen LogP contribution in [-0.4, -0.2) is 39.5 Å². The average Bonchev–Trinajstić information content (AvgIpc) is 3.38. The van der Waals surface area contributed by atoms with E-state index in [9.17, 15) is 9.59 Å². The Kier molecular flexibility index (Phi) is 6.19. The highest BCUT2D eigenvalue weighted by molar-refractivity contribution is 6.02. The van der Waals surface area contributed by atoms with Crippen LogP contribution in [0.4, 0.5) is 0 Å². The van der Waals surface area contributed by atoms with Crippen LogP contribution in [0.15, 0.2) is 56.8 Å². The molecule has 0 fully saturated rings. The number of fused-ring (bicyclic) bond motifs is 4. The largest absolute Gasteiger partial charge is 0.492 e. The number of methoxy groups -OCH3 is 1. The zero-order chi connectivity index (χ0) is 25.4. The van der Waals surface area contributed by atoms with Crippen LogP contribution in [0, 0.1) is 0 Å². The van der Waals surface area contributed by atoms with Crippen molar-refractivity contribution in [3.63, 3.8) is 0 Å². The smallest absolute Gasteiger partial charge is 0.282 e. The highest BCUT2D eigenvalue weighted by Gasteiger charge is 2.21. The van der Waals surface area contributed by atoms with E-state index in [0.717, 1.165) is 21.9 Å². The Labute approximate surface area is 205 Å². The summed E-state index contributed by atoms with van der Waals surface area (Å²) in [4.78, 5) is 30.6. The number of hydrogen-bond donors (Lipinski definition) is 1. The van der Waals surface area contributed by atoms with Crippen molar-refractivity contribution in [3.05, 3.63) is 68.9 Å². The van der Waals surface area contributed by atoms with E-state index in [0.29, 0.717) is 48.8 Å². The Hall–Kier alpha value is -4.18. The van der Waals surface area contributed by atoms with Crippen molar-refractivity contribution in [3.8, 4) is 11.6 Å². The predicted molar refractivity (Wildman–Crippen MR) is 137 cm³/mol. The molecule has 0 aliphatic carbocycles. The number of pyridine rings is 3. The second-order valence-corrected chi connectivity index (χ2v) is 8.60. The highest BCUT2D eigenvalue weighted by atomic mass is 16.5. The number of rotatable bonds is 8. The van der Waals surface area contributed by atoms with Crippen molar-refractivity contribution < 1.29 is 14.0 Å². The molecule has 5 rings (SSSR count). The summed E-state index contributed by atoms with van der Waals surface area (Å²) in [7, 11) is 1.53. The van der Waals surface area contributed by atoms with Crippen molar-refractivity contribution in [2.75, 3.05) is 20.3 Å². The number of nitrogens with zero attached hydrogens (tertiary/aromatic N) is 4. The third-order valence-corrected chi connectivity index (χ3v) is 6.39. The molecule has 0 amide bonds. The van der Waals surface area contributed by atoms with Gasteiger partial charge in [0.2, 0.25) is 5.88 Å². The second kappa shape index (κ2) is 9.46.